The summed E-state index contributed by atoms with van der Waals surface area (Å²) >= 11 is 8.85. The number of thiazole rings is 1. The van der Waals surface area contributed by atoms with Gasteiger partial charge in [-0.1, -0.05) is 44.5 Å². The van der Waals surface area contributed by atoms with Crippen molar-refractivity contribution in [3.8, 4) is 0 Å². The maximum absolute atomic E-state index is 10.7. The average molecular weight is 503 g/mol. The van der Waals surface area contributed by atoms with Crippen LogP contribution in [-0.4, -0.2) is 63.4 Å². The number of aliphatic hydroxyl groups excluding tert-OH is 3. The molecule has 2 bridgehead atoms. The standard InChI is InChI=1S/C25H31ClN4O3S/c1-4-13-18-19(26)17(24-29-14-7-5-6-8-16(14)34-24)23(30-22(13)27-11-25(18,2)3)28-15-9-12(10-31)20(32)21(15)33/h5-8,12-13,15,18,20-21,31-33H,4,9-11H2,1-3H3,(H,27,28,30). The fourth-order valence-corrected chi connectivity index (χ4v) is 7.30. The van der Waals surface area contributed by atoms with Gasteiger partial charge in [-0.15, -0.1) is 11.3 Å². The summed E-state index contributed by atoms with van der Waals surface area (Å²) in [4.78, 5) is 14.7. The molecule has 3 heterocycles. The van der Waals surface area contributed by atoms with Crippen LogP contribution in [0.15, 0.2) is 39.3 Å². The van der Waals surface area contributed by atoms with E-state index >= 15 is 0 Å². The summed E-state index contributed by atoms with van der Waals surface area (Å²) in [6.07, 6.45) is -0.833. The number of hydrogen-bond acceptors (Lipinski definition) is 7. The first kappa shape index (κ1) is 23.9. The highest BCUT2D eigenvalue weighted by Crippen LogP contribution is 2.49. The van der Waals surface area contributed by atoms with Crippen LogP contribution in [0, 0.1) is 23.2 Å². The second-order valence-corrected chi connectivity index (χ2v) is 11.7. The largest absolute Gasteiger partial charge is 0.396 e. The molecule has 4 N–H and O–H groups in total. The third kappa shape index (κ3) is 3.89. The van der Waals surface area contributed by atoms with Crippen molar-refractivity contribution in [3.63, 3.8) is 0 Å². The molecule has 0 radical (unpaired) electrons. The summed E-state index contributed by atoms with van der Waals surface area (Å²) in [7, 11) is 0. The molecular weight excluding hydrogens is 472 g/mol. The van der Waals surface area contributed by atoms with Crippen LogP contribution in [-0.2, 0) is 0 Å². The number of nitrogens with zero attached hydrogens (tertiary/aromatic N) is 3. The molecule has 2 aliphatic heterocycles. The van der Waals surface area contributed by atoms with Crippen LogP contribution in [0.3, 0.4) is 0 Å². The molecular formula is C25H31ClN4O3S. The van der Waals surface area contributed by atoms with Crippen LogP contribution in [0.4, 0.5) is 0 Å². The lowest BCUT2D eigenvalue weighted by Crippen LogP contribution is -2.45. The highest BCUT2D eigenvalue weighted by atomic mass is 35.5. The van der Waals surface area contributed by atoms with E-state index in [0.717, 1.165) is 33.1 Å². The number of amidine groups is 2. The van der Waals surface area contributed by atoms with Crippen molar-refractivity contribution in [1.29, 1.82) is 0 Å². The Hall–Kier alpha value is -1.84. The molecule has 3 aliphatic rings. The Morgan fingerprint density at radius 1 is 1.24 bits per heavy atom. The SMILES string of the molecule is CCC1C2=NCC(C)(C)C1C(Cl)=C(c1nc3ccccc3s1)C(=NC1CC(CO)C(O)C1O)N2. The zero-order valence-electron chi connectivity index (χ0n) is 19.6. The van der Waals surface area contributed by atoms with Gasteiger partial charge in [0.05, 0.1) is 27.9 Å². The second kappa shape index (κ2) is 8.99. The van der Waals surface area contributed by atoms with Gasteiger partial charge in [0.2, 0.25) is 0 Å². The minimum atomic E-state index is -1.06. The summed E-state index contributed by atoms with van der Waals surface area (Å²) in [6.45, 7) is 6.98. The number of para-hydroxylation sites is 1. The molecule has 5 rings (SSSR count). The molecule has 1 fully saturated rings. The monoisotopic (exact) mass is 502 g/mol. The predicted molar refractivity (Wildman–Crippen MR) is 137 cm³/mol. The van der Waals surface area contributed by atoms with Crippen molar-refractivity contribution in [2.45, 2.75) is 51.9 Å². The van der Waals surface area contributed by atoms with Gasteiger partial charge in [-0.2, -0.15) is 0 Å². The van der Waals surface area contributed by atoms with Crippen LogP contribution in [0.5, 0.6) is 0 Å². The molecule has 1 aliphatic carbocycles. The van der Waals surface area contributed by atoms with Gasteiger partial charge in [0.15, 0.2) is 0 Å². The third-order valence-electron chi connectivity index (χ3n) is 7.50. The van der Waals surface area contributed by atoms with Gasteiger partial charge in [0.1, 0.15) is 22.8 Å². The third-order valence-corrected chi connectivity index (χ3v) is 8.97. The average Bonchev–Trinajstić information content (AvgIpc) is 3.32. The normalized spacial score (nSPS) is 34.3. The van der Waals surface area contributed by atoms with E-state index in [2.05, 4.69) is 26.1 Å². The van der Waals surface area contributed by atoms with Crippen molar-refractivity contribution in [1.82, 2.24) is 10.3 Å². The van der Waals surface area contributed by atoms with Crippen LogP contribution < -0.4 is 5.32 Å². The number of fused-ring (bicyclic) bond motifs is 3. The molecule has 9 heteroatoms. The van der Waals surface area contributed by atoms with Gasteiger partial charge >= 0.3 is 0 Å². The number of benzene rings is 1. The van der Waals surface area contributed by atoms with Gasteiger partial charge in [0.25, 0.3) is 0 Å². The highest BCUT2D eigenvalue weighted by molar-refractivity contribution is 7.19. The second-order valence-electron chi connectivity index (χ2n) is 10.2. The van der Waals surface area contributed by atoms with Gasteiger partial charge in [-0.05, 0) is 30.4 Å². The number of aliphatic imine (C=N–C) groups is 2. The molecule has 2 aromatic rings. The highest BCUT2D eigenvalue weighted by Gasteiger charge is 2.47. The van der Waals surface area contributed by atoms with Crippen molar-refractivity contribution >= 4 is 50.4 Å². The molecule has 7 nitrogen and oxygen atoms in total. The molecule has 6 unspecified atom stereocenters. The van der Waals surface area contributed by atoms with Crippen LogP contribution in [0.25, 0.3) is 15.8 Å². The van der Waals surface area contributed by atoms with Gasteiger partial charge < -0.3 is 20.6 Å². The molecule has 1 aromatic carbocycles. The molecule has 1 saturated carbocycles. The molecule has 34 heavy (non-hydrogen) atoms. The molecule has 1 aromatic heterocycles. The first-order valence-corrected chi connectivity index (χ1v) is 13.1. The van der Waals surface area contributed by atoms with Crippen molar-refractivity contribution in [2.24, 2.45) is 33.2 Å². The Morgan fingerprint density at radius 2 is 2.00 bits per heavy atom. The fraction of sp³-hybridized carbons (Fsp3) is 0.560. The van der Waals surface area contributed by atoms with Crippen molar-refractivity contribution < 1.29 is 15.3 Å². The molecule has 0 saturated heterocycles. The quantitative estimate of drug-likeness (QED) is 0.512. The number of nitrogens with one attached hydrogen (secondary N) is 1. The number of rotatable bonds is 4. The Bertz CT molecular complexity index is 1160. The van der Waals surface area contributed by atoms with Crippen molar-refractivity contribution in [2.75, 3.05) is 13.2 Å². The first-order valence-electron chi connectivity index (χ1n) is 11.9. The van der Waals surface area contributed by atoms with Gasteiger partial charge in [-0.25, -0.2) is 4.98 Å². The topological polar surface area (TPSA) is 110 Å². The lowest BCUT2D eigenvalue weighted by molar-refractivity contribution is 0.00319. The summed E-state index contributed by atoms with van der Waals surface area (Å²) in [6, 6.07) is 7.40. The van der Waals surface area contributed by atoms with Crippen LogP contribution in [0.1, 0.15) is 38.6 Å². The number of hydrogen-bond donors (Lipinski definition) is 4. The summed E-state index contributed by atoms with van der Waals surface area (Å²) in [5.41, 5.74) is 1.48. The maximum Gasteiger partial charge on any atom is 0.138 e. The minimum absolute atomic E-state index is 0.0400. The summed E-state index contributed by atoms with van der Waals surface area (Å²) in [5.74, 6) is 1.11. The molecule has 0 amide bonds. The van der Waals surface area contributed by atoms with Crippen LogP contribution >= 0.6 is 22.9 Å². The molecule has 0 spiro atoms. The lowest BCUT2D eigenvalue weighted by Gasteiger charge is -2.41. The summed E-state index contributed by atoms with van der Waals surface area (Å²) < 4.78 is 1.06. The first-order chi connectivity index (χ1) is 16.2. The molecule has 6 atom stereocenters. The Balaban J connectivity index is 1.70. The maximum atomic E-state index is 10.7. The number of allylic oxidation sites excluding steroid dienone is 1. The van der Waals surface area contributed by atoms with Crippen molar-refractivity contribution in [3.05, 3.63) is 34.3 Å². The smallest absolute Gasteiger partial charge is 0.138 e. The van der Waals surface area contributed by atoms with E-state index in [-0.39, 0.29) is 23.9 Å². The van der Waals surface area contributed by atoms with Gasteiger partial charge in [-0.3, -0.25) is 9.98 Å². The van der Waals surface area contributed by atoms with E-state index in [1.54, 1.807) is 11.3 Å². The molecule has 182 valence electrons. The van der Waals surface area contributed by atoms with E-state index < -0.39 is 24.2 Å². The van der Waals surface area contributed by atoms with E-state index in [1.165, 1.54) is 0 Å². The van der Waals surface area contributed by atoms with E-state index in [9.17, 15) is 15.3 Å². The fourth-order valence-electron chi connectivity index (χ4n) is 5.59. The Labute approximate surface area is 208 Å². The van der Waals surface area contributed by atoms with Crippen LogP contribution in [0.2, 0.25) is 0 Å². The van der Waals surface area contributed by atoms with E-state index in [1.807, 2.05) is 24.3 Å². The lowest BCUT2D eigenvalue weighted by atomic mass is 9.68. The van der Waals surface area contributed by atoms with E-state index in [4.69, 9.17) is 26.6 Å². The number of aromatic nitrogens is 1. The Morgan fingerprint density at radius 3 is 2.68 bits per heavy atom. The van der Waals surface area contributed by atoms with E-state index in [0.29, 0.717) is 23.8 Å². The number of halogens is 1. The minimum Gasteiger partial charge on any atom is -0.396 e. The predicted octanol–water partition coefficient (Wildman–Crippen LogP) is 3.43. The number of aliphatic hydroxyl groups is 3. The zero-order chi connectivity index (χ0) is 24.2. The Kier molecular flexibility index (Phi) is 6.31. The summed E-state index contributed by atoms with van der Waals surface area (Å²) in [5, 5.41) is 35.6. The zero-order valence-corrected chi connectivity index (χ0v) is 21.1. The van der Waals surface area contributed by atoms with Gasteiger partial charge in [0, 0.05) is 35.9 Å².